The predicted molar refractivity (Wildman–Crippen MR) is 72.9 cm³/mol. The first-order chi connectivity index (χ1) is 9.61. The molecule has 0 aromatic heterocycles. The molecule has 0 saturated carbocycles. The highest BCUT2D eigenvalue weighted by atomic mass is 19.2. The van der Waals surface area contributed by atoms with Crippen molar-refractivity contribution in [2.45, 2.75) is 19.4 Å². The highest BCUT2D eigenvalue weighted by molar-refractivity contribution is 5.25. The first-order valence-corrected chi connectivity index (χ1v) is 6.53. The molecular formula is C16H16F3N. The van der Waals surface area contributed by atoms with Gasteiger partial charge in [-0.15, -0.1) is 0 Å². The maximum atomic E-state index is 13.7. The monoisotopic (exact) mass is 279 g/mol. The van der Waals surface area contributed by atoms with Gasteiger partial charge in [0.05, 0.1) is 0 Å². The summed E-state index contributed by atoms with van der Waals surface area (Å²) in [7, 11) is 0. The molecule has 2 aromatic rings. The van der Waals surface area contributed by atoms with Crippen LogP contribution in [0, 0.1) is 17.5 Å². The number of benzene rings is 2. The molecule has 0 aliphatic heterocycles. The third kappa shape index (κ3) is 3.39. The Kier molecular flexibility index (Phi) is 4.79. The molecule has 2 rings (SSSR count). The van der Waals surface area contributed by atoms with Crippen molar-refractivity contribution in [1.29, 1.82) is 0 Å². The van der Waals surface area contributed by atoms with E-state index in [2.05, 4.69) is 5.32 Å². The predicted octanol–water partition coefficient (Wildman–Crippen LogP) is 4.00. The van der Waals surface area contributed by atoms with Gasteiger partial charge in [-0.25, -0.2) is 13.2 Å². The van der Waals surface area contributed by atoms with E-state index in [1.54, 1.807) is 18.2 Å². The van der Waals surface area contributed by atoms with Gasteiger partial charge in [0.1, 0.15) is 5.82 Å². The van der Waals surface area contributed by atoms with Crippen LogP contribution in [-0.2, 0) is 6.42 Å². The van der Waals surface area contributed by atoms with Crippen molar-refractivity contribution in [2.75, 3.05) is 6.54 Å². The third-order valence-corrected chi connectivity index (χ3v) is 3.18. The topological polar surface area (TPSA) is 12.0 Å². The van der Waals surface area contributed by atoms with Crippen molar-refractivity contribution >= 4 is 0 Å². The molecule has 1 unspecified atom stereocenters. The van der Waals surface area contributed by atoms with Crippen LogP contribution in [0.1, 0.15) is 24.1 Å². The Hall–Kier alpha value is -1.81. The van der Waals surface area contributed by atoms with Crippen LogP contribution in [0.15, 0.2) is 42.5 Å². The normalized spacial score (nSPS) is 12.4. The van der Waals surface area contributed by atoms with Gasteiger partial charge in [-0.1, -0.05) is 31.2 Å². The molecule has 0 amide bonds. The molecule has 1 atom stereocenters. The molecule has 0 aliphatic rings. The van der Waals surface area contributed by atoms with Crippen LogP contribution in [0.4, 0.5) is 13.2 Å². The lowest BCUT2D eigenvalue weighted by Gasteiger charge is -2.19. The molecule has 2 aromatic carbocycles. The van der Waals surface area contributed by atoms with Gasteiger partial charge >= 0.3 is 0 Å². The molecule has 0 spiro atoms. The van der Waals surface area contributed by atoms with Gasteiger partial charge in [-0.3, -0.25) is 0 Å². The molecule has 0 fully saturated rings. The molecular weight excluding hydrogens is 263 g/mol. The molecule has 4 heteroatoms. The maximum absolute atomic E-state index is 13.7. The summed E-state index contributed by atoms with van der Waals surface area (Å²) >= 11 is 0. The minimum atomic E-state index is -0.850. The van der Waals surface area contributed by atoms with Crippen molar-refractivity contribution in [2.24, 2.45) is 0 Å². The zero-order valence-electron chi connectivity index (χ0n) is 11.2. The highest BCUT2D eigenvalue weighted by Crippen LogP contribution is 2.21. The van der Waals surface area contributed by atoms with Gasteiger partial charge in [0.2, 0.25) is 0 Å². The van der Waals surface area contributed by atoms with Gasteiger partial charge in [-0.2, -0.15) is 0 Å². The summed E-state index contributed by atoms with van der Waals surface area (Å²) in [6.07, 6.45) is 0.309. The van der Waals surface area contributed by atoms with Gasteiger partial charge in [0.15, 0.2) is 11.6 Å². The summed E-state index contributed by atoms with van der Waals surface area (Å²) in [6.45, 7) is 2.61. The van der Waals surface area contributed by atoms with Crippen LogP contribution in [-0.4, -0.2) is 6.54 Å². The van der Waals surface area contributed by atoms with Crippen molar-refractivity contribution < 1.29 is 13.2 Å². The van der Waals surface area contributed by atoms with Crippen molar-refractivity contribution in [3.05, 3.63) is 71.0 Å². The largest absolute Gasteiger partial charge is 0.310 e. The Morgan fingerprint density at radius 1 is 1.00 bits per heavy atom. The van der Waals surface area contributed by atoms with Crippen LogP contribution in [0.2, 0.25) is 0 Å². The first-order valence-electron chi connectivity index (χ1n) is 6.53. The van der Waals surface area contributed by atoms with Gasteiger partial charge < -0.3 is 5.32 Å². The molecule has 0 saturated heterocycles. The van der Waals surface area contributed by atoms with Crippen LogP contribution < -0.4 is 5.32 Å². The van der Waals surface area contributed by atoms with Gasteiger partial charge in [0, 0.05) is 6.04 Å². The summed E-state index contributed by atoms with van der Waals surface area (Å²) in [5.74, 6) is -1.99. The second-order valence-corrected chi connectivity index (χ2v) is 4.58. The standard InChI is InChI=1S/C16H16F3N/c1-2-20-15(11-6-8-13(17)9-7-11)10-12-4-3-5-14(18)16(12)19/h3-9,15,20H,2,10H2,1H3. The van der Waals surface area contributed by atoms with Gasteiger partial charge in [-0.05, 0) is 42.3 Å². The van der Waals surface area contributed by atoms with Crippen LogP contribution in [0.5, 0.6) is 0 Å². The molecule has 0 aliphatic carbocycles. The van der Waals surface area contributed by atoms with E-state index >= 15 is 0 Å². The number of likely N-dealkylation sites (N-methyl/N-ethyl adjacent to an activating group) is 1. The first kappa shape index (κ1) is 14.6. The van der Waals surface area contributed by atoms with E-state index < -0.39 is 11.6 Å². The number of halogens is 3. The minimum absolute atomic E-state index is 0.183. The van der Waals surface area contributed by atoms with Crippen LogP contribution >= 0.6 is 0 Å². The van der Waals surface area contributed by atoms with Crippen molar-refractivity contribution in [3.63, 3.8) is 0 Å². The number of rotatable bonds is 5. The van der Waals surface area contributed by atoms with E-state index in [0.29, 0.717) is 18.5 Å². The van der Waals surface area contributed by atoms with Crippen molar-refractivity contribution in [1.82, 2.24) is 5.32 Å². The summed E-state index contributed by atoms with van der Waals surface area (Å²) in [4.78, 5) is 0. The number of nitrogens with one attached hydrogen (secondary N) is 1. The second-order valence-electron chi connectivity index (χ2n) is 4.58. The molecule has 0 bridgehead atoms. The molecule has 0 heterocycles. The molecule has 20 heavy (non-hydrogen) atoms. The summed E-state index contributed by atoms with van der Waals surface area (Å²) in [6, 6.07) is 9.99. The minimum Gasteiger partial charge on any atom is -0.310 e. The Balaban J connectivity index is 2.25. The Labute approximate surface area is 116 Å². The van der Waals surface area contributed by atoms with Crippen molar-refractivity contribution in [3.8, 4) is 0 Å². The average molecular weight is 279 g/mol. The molecule has 0 radical (unpaired) electrons. The van der Waals surface area contributed by atoms with E-state index in [9.17, 15) is 13.2 Å². The fourth-order valence-corrected chi connectivity index (χ4v) is 2.18. The summed E-state index contributed by atoms with van der Waals surface area (Å²) in [5.41, 5.74) is 1.15. The lowest BCUT2D eigenvalue weighted by Crippen LogP contribution is -2.23. The number of hydrogen-bond donors (Lipinski definition) is 1. The second kappa shape index (κ2) is 6.57. The fourth-order valence-electron chi connectivity index (χ4n) is 2.18. The summed E-state index contributed by atoms with van der Waals surface area (Å²) < 4.78 is 39.9. The zero-order chi connectivity index (χ0) is 14.5. The number of hydrogen-bond acceptors (Lipinski definition) is 1. The SMILES string of the molecule is CCNC(Cc1cccc(F)c1F)c1ccc(F)cc1. The average Bonchev–Trinajstić information content (AvgIpc) is 2.44. The van der Waals surface area contributed by atoms with E-state index in [1.807, 2.05) is 6.92 Å². The quantitative estimate of drug-likeness (QED) is 0.872. The fraction of sp³-hybridized carbons (Fsp3) is 0.250. The van der Waals surface area contributed by atoms with Crippen LogP contribution in [0.3, 0.4) is 0 Å². The third-order valence-electron chi connectivity index (χ3n) is 3.18. The van der Waals surface area contributed by atoms with E-state index in [-0.39, 0.29) is 11.9 Å². The Morgan fingerprint density at radius 2 is 1.70 bits per heavy atom. The maximum Gasteiger partial charge on any atom is 0.162 e. The lowest BCUT2D eigenvalue weighted by atomic mass is 9.98. The van der Waals surface area contributed by atoms with E-state index in [1.165, 1.54) is 18.2 Å². The molecule has 1 N–H and O–H groups in total. The Morgan fingerprint density at radius 3 is 2.35 bits per heavy atom. The lowest BCUT2D eigenvalue weighted by molar-refractivity contribution is 0.481. The van der Waals surface area contributed by atoms with Crippen LogP contribution in [0.25, 0.3) is 0 Å². The van der Waals surface area contributed by atoms with E-state index in [0.717, 1.165) is 11.6 Å². The smallest absolute Gasteiger partial charge is 0.162 e. The Bertz CT molecular complexity index is 566. The van der Waals surface area contributed by atoms with E-state index in [4.69, 9.17) is 0 Å². The highest BCUT2D eigenvalue weighted by Gasteiger charge is 2.15. The van der Waals surface area contributed by atoms with Gasteiger partial charge in [0.25, 0.3) is 0 Å². The summed E-state index contributed by atoms with van der Waals surface area (Å²) in [5, 5.41) is 3.20. The molecule has 1 nitrogen and oxygen atoms in total. The zero-order valence-corrected chi connectivity index (χ0v) is 11.2. The molecule has 106 valence electrons.